The van der Waals surface area contributed by atoms with Crippen molar-refractivity contribution in [3.05, 3.63) is 24.0 Å². The second kappa shape index (κ2) is 6.35. The van der Waals surface area contributed by atoms with Gasteiger partial charge < -0.3 is 4.74 Å². The summed E-state index contributed by atoms with van der Waals surface area (Å²) in [6.07, 6.45) is 5.61. The highest BCUT2D eigenvalue weighted by molar-refractivity contribution is 7.92. The van der Waals surface area contributed by atoms with E-state index < -0.39 is 15.1 Å². The number of hydrogen-bond donors (Lipinski definition) is 0. The first-order valence-corrected chi connectivity index (χ1v) is 8.60. The molecule has 0 amide bonds. The lowest BCUT2D eigenvalue weighted by atomic mass is 10.1. The van der Waals surface area contributed by atoms with Crippen LogP contribution in [-0.4, -0.2) is 36.8 Å². The fourth-order valence-electron chi connectivity index (χ4n) is 2.29. The molecule has 1 aromatic heterocycles. The second-order valence-electron chi connectivity index (χ2n) is 4.97. The average molecular weight is 297 g/mol. The summed E-state index contributed by atoms with van der Waals surface area (Å²) >= 11 is 0. The summed E-state index contributed by atoms with van der Waals surface area (Å²) in [7, 11) is -3.32. The first-order chi connectivity index (χ1) is 9.54. The van der Waals surface area contributed by atoms with Crippen molar-refractivity contribution in [2.45, 2.75) is 37.9 Å². The number of rotatable bonds is 5. The standard InChI is InChI=1S/C14H19NO4S/c1-2-6-19-12-8-11(9-15-10-12)14(16)13-5-3-4-7-20(13,17)18/h8-10,13H,2-7H2,1H3. The van der Waals surface area contributed by atoms with E-state index in [1.54, 1.807) is 6.07 Å². The second-order valence-corrected chi connectivity index (χ2v) is 7.28. The molecule has 0 bridgehead atoms. The van der Waals surface area contributed by atoms with Gasteiger partial charge in [0.15, 0.2) is 15.6 Å². The highest BCUT2D eigenvalue weighted by Crippen LogP contribution is 2.24. The van der Waals surface area contributed by atoms with Gasteiger partial charge >= 0.3 is 0 Å². The Bertz CT molecular complexity index is 583. The van der Waals surface area contributed by atoms with E-state index >= 15 is 0 Å². The lowest BCUT2D eigenvalue weighted by Crippen LogP contribution is -2.35. The van der Waals surface area contributed by atoms with E-state index in [1.165, 1.54) is 12.4 Å². The summed E-state index contributed by atoms with van der Waals surface area (Å²) in [5.74, 6) is 0.244. The summed E-state index contributed by atoms with van der Waals surface area (Å²) in [4.78, 5) is 16.3. The third-order valence-electron chi connectivity index (χ3n) is 3.34. The maximum absolute atomic E-state index is 12.4. The predicted octanol–water partition coefficient (Wildman–Crippen LogP) is 2.02. The molecular weight excluding hydrogens is 278 g/mol. The van der Waals surface area contributed by atoms with E-state index in [9.17, 15) is 13.2 Å². The Balaban J connectivity index is 2.20. The topological polar surface area (TPSA) is 73.3 Å². The predicted molar refractivity (Wildman–Crippen MR) is 75.8 cm³/mol. The molecule has 1 atom stereocenters. The van der Waals surface area contributed by atoms with Gasteiger partial charge in [0.05, 0.1) is 18.6 Å². The van der Waals surface area contributed by atoms with E-state index in [-0.39, 0.29) is 11.5 Å². The maximum Gasteiger partial charge on any atom is 0.182 e. The summed E-state index contributed by atoms with van der Waals surface area (Å²) in [6, 6.07) is 1.58. The highest BCUT2D eigenvalue weighted by atomic mass is 32.2. The summed E-state index contributed by atoms with van der Waals surface area (Å²) in [5, 5.41) is -0.917. The molecule has 2 rings (SSSR count). The molecule has 1 fully saturated rings. The van der Waals surface area contributed by atoms with Gasteiger partial charge in [-0.15, -0.1) is 0 Å². The number of Topliss-reactive ketones (excluding diaryl/α,β-unsaturated/α-hetero) is 1. The van der Waals surface area contributed by atoms with Crippen molar-refractivity contribution in [1.82, 2.24) is 4.98 Å². The molecule has 1 aromatic rings. The van der Waals surface area contributed by atoms with Gasteiger partial charge in [0.1, 0.15) is 11.0 Å². The molecule has 1 aliphatic heterocycles. The minimum Gasteiger partial charge on any atom is -0.492 e. The van der Waals surface area contributed by atoms with Crippen molar-refractivity contribution >= 4 is 15.6 Å². The largest absolute Gasteiger partial charge is 0.492 e. The van der Waals surface area contributed by atoms with E-state index in [0.717, 1.165) is 12.8 Å². The van der Waals surface area contributed by atoms with Crippen LogP contribution in [0.2, 0.25) is 0 Å². The lowest BCUT2D eigenvalue weighted by Gasteiger charge is -2.21. The van der Waals surface area contributed by atoms with Crippen LogP contribution in [0, 0.1) is 0 Å². The molecule has 2 heterocycles. The van der Waals surface area contributed by atoms with E-state index in [0.29, 0.717) is 30.8 Å². The van der Waals surface area contributed by atoms with Crippen LogP contribution in [0.3, 0.4) is 0 Å². The van der Waals surface area contributed by atoms with Crippen LogP contribution < -0.4 is 4.74 Å². The molecule has 0 aliphatic carbocycles. The van der Waals surface area contributed by atoms with Gasteiger partial charge in [-0.1, -0.05) is 13.3 Å². The van der Waals surface area contributed by atoms with Gasteiger partial charge in [0, 0.05) is 11.8 Å². The van der Waals surface area contributed by atoms with Crippen molar-refractivity contribution in [3.63, 3.8) is 0 Å². The SMILES string of the molecule is CCCOc1cncc(C(=O)C2CCCCS2(=O)=O)c1. The summed E-state index contributed by atoms with van der Waals surface area (Å²) in [5.41, 5.74) is 0.314. The van der Waals surface area contributed by atoms with Gasteiger partial charge in [-0.05, 0) is 25.3 Å². The Morgan fingerprint density at radius 3 is 2.90 bits per heavy atom. The Labute approximate surface area is 119 Å². The van der Waals surface area contributed by atoms with E-state index in [2.05, 4.69) is 4.98 Å². The number of carbonyl (C=O) groups excluding carboxylic acids is 1. The molecule has 1 saturated heterocycles. The first kappa shape index (κ1) is 15.0. The molecule has 20 heavy (non-hydrogen) atoms. The lowest BCUT2D eigenvalue weighted by molar-refractivity contribution is 0.0980. The Morgan fingerprint density at radius 1 is 1.40 bits per heavy atom. The van der Waals surface area contributed by atoms with E-state index in [1.807, 2.05) is 6.92 Å². The Kier molecular flexibility index (Phi) is 4.75. The normalized spacial score (nSPS) is 21.4. The number of ketones is 1. The third-order valence-corrected chi connectivity index (χ3v) is 5.52. The number of nitrogens with zero attached hydrogens (tertiary/aromatic N) is 1. The van der Waals surface area contributed by atoms with Crippen molar-refractivity contribution in [3.8, 4) is 5.75 Å². The number of carbonyl (C=O) groups is 1. The van der Waals surface area contributed by atoms with Gasteiger partial charge in [-0.3, -0.25) is 9.78 Å². The molecule has 0 saturated carbocycles. The van der Waals surface area contributed by atoms with Crippen molar-refractivity contribution in [1.29, 1.82) is 0 Å². The zero-order chi connectivity index (χ0) is 14.6. The van der Waals surface area contributed by atoms with Gasteiger partial charge in [-0.2, -0.15) is 0 Å². The van der Waals surface area contributed by atoms with Gasteiger partial charge in [0.25, 0.3) is 0 Å². The number of aromatic nitrogens is 1. The molecule has 110 valence electrons. The smallest absolute Gasteiger partial charge is 0.182 e. The molecule has 0 spiro atoms. The molecule has 0 radical (unpaired) electrons. The van der Waals surface area contributed by atoms with E-state index in [4.69, 9.17) is 4.74 Å². The van der Waals surface area contributed by atoms with Crippen LogP contribution in [-0.2, 0) is 9.84 Å². The summed E-state index contributed by atoms with van der Waals surface area (Å²) in [6.45, 7) is 2.53. The van der Waals surface area contributed by atoms with Crippen LogP contribution in [0.4, 0.5) is 0 Å². The fourth-order valence-corrected chi connectivity index (χ4v) is 4.17. The van der Waals surface area contributed by atoms with Gasteiger partial charge in [0.2, 0.25) is 0 Å². The molecule has 5 nitrogen and oxygen atoms in total. The van der Waals surface area contributed by atoms with Crippen LogP contribution >= 0.6 is 0 Å². The van der Waals surface area contributed by atoms with Crippen LogP contribution in [0.5, 0.6) is 5.75 Å². The average Bonchev–Trinajstić information content (AvgIpc) is 2.44. The quantitative estimate of drug-likeness (QED) is 0.777. The molecule has 1 aliphatic rings. The summed E-state index contributed by atoms with van der Waals surface area (Å²) < 4.78 is 29.4. The highest BCUT2D eigenvalue weighted by Gasteiger charge is 2.35. The number of sulfone groups is 1. The van der Waals surface area contributed by atoms with Gasteiger partial charge in [-0.25, -0.2) is 8.42 Å². The minimum absolute atomic E-state index is 0.100. The van der Waals surface area contributed by atoms with Crippen molar-refractivity contribution < 1.29 is 17.9 Å². The zero-order valence-corrected chi connectivity index (χ0v) is 12.4. The molecule has 0 aromatic carbocycles. The fraction of sp³-hybridized carbons (Fsp3) is 0.571. The number of ether oxygens (including phenoxy) is 1. The molecule has 1 unspecified atom stereocenters. The van der Waals surface area contributed by atoms with Crippen molar-refractivity contribution in [2.75, 3.05) is 12.4 Å². The Morgan fingerprint density at radius 2 is 2.20 bits per heavy atom. The zero-order valence-electron chi connectivity index (χ0n) is 11.5. The number of pyridine rings is 1. The molecule has 6 heteroatoms. The number of hydrogen-bond acceptors (Lipinski definition) is 5. The third kappa shape index (κ3) is 3.36. The molecular formula is C14H19NO4S. The monoisotopic (exact) mass is 297 g/mol. The maximum atomic E-state index is 12.4. The first-order valence-electron chi connectivity index (χ1n) is 6.88. The molecule has 0 N–H and O–H groups in total. The Hall–Kier alpha value is -1.43. The van der Waals surface area contributed by atoms with Crippen molar-refractivity contribution in [2.24, 2.45) is 0 Å². The van der Waals surface area contributed by atoms with Crippen LogP contribution in [0.25, 0.3) is 0 Å². The van der Waals surface area contributed by atoms with Crippen LogP contribution in [0.1, 0.15) is 43.0 Å². The minimum atomic E-state index is -3.32. The van der Waals surface area contributed by atoms with Crippen LogP contribution in [0.15, 0.2) is 18.5 Å².